The molecule has 0 heterocycles. The molecule has 0 amide bonds. The number of methoxy groups -OCH3 is 4. The van der Waals surface area contributed by atoms with Gasteiger partial charge in [-0.05, 0) is 24.3 Å². The SMILES string of the molecule is COc1ccc(C(=O)c2ccc(OC)c(F)c2OC)c(OC)c1F. The fourth-order valence-corrected chi connectivity index (χ4v) is 2.29. The molecule has 0 saturated heterocycles. The molecule has 0 radical (unpaired) electrons. The molecule has 5 nitrogen and oxygen atoms in total. The average molecular weight is 338 g/mol. The lowest BCUT2D eigenvalue weighted by Crippen LogP contribution is -2.09. The summed E-state index contributed by atoms with van der Waals surface area (Å²) in [5, 5.41) is 0. The maximum Gasteiger partial charge on any atom is 0.207 e. The van der Waals surface area contributed by atoms with E-state index in [0.29, 0.717) is 0 Å². The van der Waals surface area contributed by atoms with E-state index in [1.54, 1.807) is 0 Å². The molecule has 7 heteroatoms. The molecule has 0 saturated carbocycles. The number of hydrogen-bond acceptors (Lipinski definition) is 5. The van der Waals surface area contributed by atoms with Crippen molar-refractivity contribution in [1.29, 1.82) is 0 Å². The summed E-state index contributed by atoms with van der Waals surface area (Å²) in [7, 11) is 5.03. The van der Waals surface area contributed by atoms with E-state index in [1.165, 1.54) is 52.7 Å². The van der Waals surface area contributed by atoms with Crippen molar-refractivity contribution in [2.45, 2.75) is 0 Å². The third-order valence-electron chi connectivity index (χ3n) is 3.46. The quantitative estimate of drug-likeness (QED) is 0.757. The molecule has 0 fully saturated rings. The highest BCUT2D eigenvalue weighted by atomic mass is 19.1. The van der Waals surface area contributed by atoms with Crippen LogP contribution in [0, 0.1) is 11.6 Å². The number of carbonyl (C=O) groups is 1. The third-order valence-corrected chi connectivity index (χ3v) is 3.46. The highest BCUT2D eigenvalue weighted by Crippen LogP contribution is 2.36. The summed E-state index contributed by atoms with van der Waals surface area (Å²) in [4.78, 5) is 12.7. The number of hydrogen-bond donors (Lipinski definition) is 0. The monoisotopic (exact) mass is 338 g/mol. The Kier molecular flexibility index (Phi) is 5.23. The maximum atomic E-state index is 14.3. The summed E-state index contributed by atoms with van der Waals surface area (Å²) in [6.07, 6.45) is 0. The lowest BCUT2D eigenvalue weighted by atomic mass is 10.0. The van der Waals surface area contributed by atoms with Crippen LogP contribution in [0.5, 0.6) is 23.0 Å². The first-order chi connectivity index (χ1) is 11.5. The summed E-state index contributed by atoms with van der Waals surface area (Å²) in [5.41, 5.74) is -0.169. The second kappa shape index (κ2) is 7.16. The highest BCUT2D eigenvalue weighted by molar-refractivity contribution is 6.12. The first kappa shape index (κ1) is 17.5. The Morgan fingerprint density at radius 3 is 1.38 bits per heavy atom. The van der Waals surface area contributed by atoms with Gasteiger partial charge in [0.15, 0.2) is 23.0 Å². The Balaban J connectivity index is 2.62. The van der Waals surface area contributed by atoms with E-state index in [9.17, 15) is 13.6 Å². The molecule has 2 aromatic carbocycles. The smallest absolute Gasteiger partial charge is 0.207 e. The molecule has 24 heavy (non-hydrogen) atoms. The van der Waals surface area contributed by atoms with Crippen LogP contribution in [0.15, 0.2) is 24.3 Å². The molecule has 2 rings (SSSR count). The number of ketones is 1. The van der Waals surface area contributed by atoms with Gasteiger partial charge in [0.25, 0.3) is 0 Å². The van der Waals surface area contributed by atoms with Gasteiger partial charge in [-0.25, -0.2) is 0 Å². The molecular weight excluding hydrogens is 322 g/mol. The molecule has 0 atom stereocenters. The van der Waals surface area contributed by atoms with Crippen molar-refractivity contribution < 1.29 is 32.5 Å². The minimum absolute atomic E-state index is 0.0729. The zero-order valence-corrected chi connectivity index (χ0v) is 13.6. The van der Waals surface area contributed by atoms with Crippen LogP contribution in [0.3, 0.4) is 0 Å². The summed E-state index contributed by atoms with van der Waals surface area (Å²) >= 11 is 0. The normalized spacial score (nSPS) is 10.2. The van der Waals surface area contributed by atoms with E-state index < -0.39 is 17.4 Å². The molecule has 0 aliphatic rings. The molecule has 0 aliphatic heterocycles. The number of benzene rings is 2. The molecule has 0 aromatic heterocycles. The van der Waals surface area contributed by atoms with Crippen molar-refractivity contribution >= 4 is 5.78 Å². The molecule has 0 unspecified atom stereocenters. The largest absolute Gasteiger partial charge is 0.494 e. The van der Waals surface area contributed by atoms with Crippen LogP contribution in [0.4, 0.5) is 8.78 Å². The van der Waals surface area contributed by atoms with Gasteiger partial charge in [0, 0.05) is 0 Å². The minimum Gasteiger partial charge on any atom is -0.494 e. The Labute approximate surface area is 137 Å². The van der Waals surface area contributed by atoms with Gasteiger partial charge in [-0.1, -0.05) is 0 Å². The molecule has 0 spiro atoms. The van der Waals surface area contributed by atoms with Gasteiger partial charge in [-0.2, -0.15) is 8.78 Å². The van der Waals surface area contributed by atoms with Crippen molar-refractivity contribution in [3.8, 4) is 23.0 Å². The fourth-order valence-electron chi connectivity index (χ4n) is 2.29. The molecule has 2 aromatic rings. The van der Waals surface area contributed by atoms with E-state index in [2.05, 4.69) is 0 Å². The maximum absolute atomic E-state index is 14.3. The molecule has 128 valence electrons. The zero-order chi connectivity index (χ0) is 17.9. The molecule has 0 N–H and O–H groups in total. The Bertz CT molecular complexity index is 711. The second-order valence-electron chi connectivity index (χ2n) is 4.65. The topological polar surface area (TPSA) is 54.0 Å². The second-order valence-corrected chi connectivity index (χ2v) is 4.65. The van der Waals surface area contributed by atoms with Crippen molar-refractivity contribution in [3.63, 3.8) is 0 Å². The summed E-state index contributed by atoms with van der Waals surface area (Å²) in [6.45, 7) is 0. The van der Waals surface area contributed by atoms with Crippen LogP contribution in [-0.4, -0.2) is 34.2 Å². The predicted molar refractivity (Wildman–Crippen MR) is 82.4 cm³/mol. The summed E-state index contributed by atoms with van der Waals surface area (Å²) in [6, 6.07) is 5.25. The van der Waals surface area contributed by atoms with Crippen LogP contribution in [0.25, 0.3) is 0 Å². The van der Waals surface area contributed by atoms with E-state index in [1.807, 2.05) is 0 Å². The number of carbonyl (C=O) groups excluding carboxylic acids is 1. The Morgan fingerprint density at radius 1 is 0.708 bits per heavy atom. The molecule has 0 aliphatic carbocycles. The minimum atomic E-state index is -0.821. The fraction of sp³-hybridized carbons (Fsp3) is 0.235. The Morgan fingerprint density at radius 2 is 1.08 bits per heavy atom. The third kappa shape index (κ3) is 2.84. The van der Waals surface area contributed by atoms with Crippen LogP contribution in [0.1, 0.15) is 15.9 Å². The van der Waals surface area contributed by atoms with Crippen molar-refractivity contribution in [1.82, 2.24) is 0 Å². The van der Waals surface area contributed by atoms with Gasteiger partial charge in [0.2, 0.25) is 17.4 Å². The number of halogens is 2. The van der Waals surface area contributed by atoms with Gasteiger partial charge in [-0.15, -0.1) is 0 Å². The van der Waals surface area contributed by atoms with E-state index in [-0.39, 0.29) is 34.1 Å². The molecular formula is C17H16F2O5. The average Bonchev–Trinajstić information content (AvgIpc) is 2.60. The lowest BCUT2D eigenvalue weighted by Gasteiger charge is -2.14. The van der Waals surface area contributed by atoms with Gasteiger partial charge in [-0.3, -0.25) is 4.79 Å². The van der Waals surface area contributed by atoms with Gasteiger partial charge < -0.3 is 18.9 Å². The zero-order valence-electron chi connectivity index (χ0n) is 13.6. The molecule has 0 bridgehead atoms. The van der Waals surface area contributed by atoms with Crippen molar-refractivity contribution in [2.24, 2.45) is 0 Å². The van der Waals surface area contributed by atoms with E-state index in [4.69, 9.17) is 18.9 Å². The predicted octanol–water partition coefficient (Wildman–Crippen LogP) is 3.23. The van der Waals surface area contributed by atoms with Crippen LogP contribution < -0.4 is 18.9 Å². The van der Waals surface area contributed by atoms with Gasteiger partial charge >= 0.3 is 0 Å². The van der Waals surface area contributed by atoms with Gasteiger partial charge in [0.05, 0.1) is 39.6 Å². The first-order valence-electron chi connectivity index (χ1n) is 6.85. The van der Waals surface area contributed by atoms with Crippen LogP contribution in [-0.2, 0) is 0 Å². The number of ether oxygens (including phenoxy) is 4. The van der Waals surface area contributed by atoms with E-state index in [0.717, 1.165) is 0 Å². The van der Waals surface area contributed by atoms with Crippen LogP contribution >= 0.6 is 0 Å². The summed E-state index contributed by atoms with van der Waals surface area (Å²) < 4.78 is 48.2. The van der Waals surface area contributed by atoms with E-state index >= 15 is 0 Å². The highest BCUT2D eigenvalue weighted by Gasteiger charge is 2.26. The van der Waals surface area contributed by atoms with Crippen molar-refractivity contribution in [2.75, 3.05) is 28.4 Å². The first-order valence-corrected chi connectivity index (χ1v) is 6.85. The lowest BCUT2D eigenvalue weighted by molar-refractivity contribution is 0.103. The van der Waals surface area contributed by atoms with Crippen molar-refractivity contribution in [3.05, 3.63) is 47.0 Å². The van der Waals surface area contributed by atoms with Crippen LogP contribution in [0.2, 0.25) is 0 Å². The summed E-state index contributed by atoms with van der Waals surface area (Å²) in [5.74, 6) is -3.03. The Hall–Kier alpha value is -2.83. The standard InChI is InChI=1S/C17H16F2O5/c1-21-11-7-5-9(16(23-3)13(11)18)15(20)10-6-8-12(22-2)14(19)17(10)24-4/h5-8H,1-4H3. The number of rotatable bonds is 6. The van der Waals surface area contributed by atoms with Gasteiger partial charge in [0.1, 0.15) is 0 Å².